The number of aliphatic hydroxyl groups is 1. The van der Waals surface area contributed by atoms with Crippen LogP contribution in [0.15, 0.2) is 18.2 Å². The van der Waals surface area contributed by atoms with E-state index in [9.17, 15) is 5.11 Å². The van der Waals surface area contributed by atoms with E-state index in [1.54, 1.807) is 6.07 Å². The first-order valence-corrected chi connectivity index (χ1v) is 8.04. The fourth-order valence-corrected chi connectivity index (χ4v) is 4.10. The van der Waals surface area contributed by atoms with E-state index in [1.165, 1.54) is 0 Å². The minimum atomic E-state index is -0.575. The number of halogens is 1. The van der Waals surface area contributed by atoms with E-state index in [0.717, 1.165) is 31.5 Å². The SMILES string of the molecule is CC(C)C1N(c2ccc(C#N)c(Cl)c2)CCC1(O)C1CC1. The third-order valence-corrected chi connectivity index (χ3v) is 5.23. The maximum atomic E-state index is 11.1. The number of nitriles is 1. The molecule has 3 nitrogen and oxygen atoms in total. The maximum absolute atomic E-state index is 11.1. The number of rotatable bonds is 3. The Morgan fingerprint density at radius 2 is 2.14 bits per heavy atom. The molecule has 0 aromatic heterocycles. The summed E-state index contributed by atoms with van der Waals surface area (Å²) in [7, 11) is 0. The van der Waals surface area contributed by atoms with Gasteiger partial charge in [-0.3, -0.25) is 0 Å². The third kappa shape index (κ3) is 2.41. The fourth-order valence-electron chi connectivity index (χ4n) is 3.89. The zero-order chi connectivity index (χ0) is 15.2. The number of benzene rings is 1. The van der Waals surface area contributed by atoms with Gasteiger partial charge in [0.2, 0.25) is 0 Å². The molecular formula is C17H21ClN2O. The predicted octanol–water partition coefficient (Wildman–Crippen LogP) is 3.59. The molecule has 1 aromatic rings. The largest absolute Gasteiger partial charge is 0.387 e. The van der Waals surface area contributed by atoms with Crippen LogP contribution in [0.5, 0.6) is 0 Å². The van der Waals surface area contributed by atoms with E-state index >= 15 is 0 Å². The minimum absolute atomic E-state index is 0.119. The van der Waals surface area contributed by atoms with Gasteiger partial charge in [0.15, 0.2) is 0 Å². The van der Waals surface area contributed by atoms with E-state index < -0.39 is 5.60 Å². The lowest BCUT2D eigenvalue weighted by Gasteiger charge is -2.38. The lowest BCUT2D eigenvalue weighted by atomic mass is 9.83. The summed E-state index contributed by atoms with van der Waals surface area (Å²) in [6.45, 7) is 5.18. The normalized spacial score (nSPS) is 29.0. The van der Waals surface area contributed by atoms with Crippen LogP contribution < -0.4 is 4.90 Å². The number of hydrogen-bond donors (Lipinski definition) is 1. The van der Waals surface area contributed by atoms with Crippen molar-refractivity contribution in [2.75, 3.05) is 11.4 Å². The van der Waals surface area contributed by atoms with Gasteiger partial charge in [0.1, 0.15) is 6.07 Å². The highest BCUT2D eigenvalue weighted by Gasteiger charge is 2.55. The summed E-state index contributed by atoms with van der Waals surface area (Å²) in [6.07, 6.45) is 3.10. The topological polar surface area (TPSA) is 47.3 Å². The van der Waals surface area contributed by atoms with E-state index in [1.807, 2.05) is 12.1 Å². The highest BCUT2D eigenvalue weighted by Crippen LogP contribution is 2.50. The Hall–Kier alpha value is -1.24. The minimum Gasteiger partial charge on any atom is -0.387 e. The molecule has 1 aliphatic heterocycles. The quantitative estimate of drug-likeness (QED) is 0.928. The van der Waals surface area contributed by atoms with Crippen molar-refractivity contribution in [1.29, 1.82) is 5.26 Å². The van der Waals surface area contributed by atoms with Gasteiger partial charge in [-0.25, -0.2) is 0 Å². The highest BCUT2D eigenvalue weighted by molar-refractivity contribution is 6.32. The molecular weight excluding hydrogens is 284 g/mol. The standard InChI is InChI=1S/C17H21ClN2O/c1-11(2)16-17(21,13-4-5-13)7-8-20(16)14-6-3-12(10-19)15(18)9-14/h3,6,9,11,13,16,21H,4-5,7-8H2,1-2H3. The average molecular weight is 305 g/mol. The molecule has 1 saturated carbocycles. The highest BCUT2D eigenvalue weighted by atomic mass is 35.5. The molecule has 1 heterocycles. The van der Waals surface area contributed by atoms with E-state index in [2.05, 4.69) is 24.8 Å². The van der Waals surface area contributed by atoms with Gasteiger partial charge < -0.3 is 10.0 Å². The molecule has 2 fully saturated rings. The Kier molecular flexibility index (Phi) is 3.63. The number of nitrogens with zero attached hydrogens (tertiary/aromatic N) is 2. The van der Waals surface area contributed by atoms with Crippen molar-refractivity contribution in [3.05, 3.63) is 28.8 Å². The first kappa shape index (κ1) is 14.7. The van der Waals surface area contributed by atoms with Crippen molar-refractivity contribution < 1.29 is 5.11 Å². The van der Waals surface area contributed by atoms with Crippen LogP contribution in [-0.2, 0) is 0 Å². The maximum Gasteiger partial charge on any atom is 0.101 e. The van der Waals surface area contributed by atoms with E-state index in [0.29, 0.717) is 22.4 Å². The van der Waals surface area contributed by atoms with Crippen LogP contribution in [0.25, 0.3) is 0 Å². The summed E-state index contributed by atoms with van der Waals surface area (Å²) in [5.41, 5.74) is 0.932. The zero-order valence-corrected chi connectivity index (χ0v) is 13.3. The smallest absolute Gasteiger partial charge is 0.101 e. The Morgan fingerprint density at radius 1 is 1.43 bits per heavy atom. The van der Waals surface area contributed by atoms with Gasteiger partial charge in [-0.05, 0) is 49.3 Å². The summed E-state index contributed by atoms with van der Waals surface area (Å²) < 4.78 is 0. The molecule has 1 aromatic carbocycles. The third-order valence-electron chi connectivity index (χ3n) is 4.92. The van der Waals surface area contributed by atoms with E-state index in [4.69, 9.17) is 16.9 Å². The van der Waals surface area contributed by atoms with Gasteiger partial charge in [-0.1, -0.05) is 25.4 Å². The molecule has 0 amide bonds. The van der Waals surface area contributed by atoms with Crippen LogP contribution in [0.4, 0.5) is 5.69 Å². The van der Waals surface area contributed by atoms with Gasteiger partial charge in [-0.2, -0.15) is 5.26 Å². The first-order chi connectivity index (χ1) is 9.97. The molecule has 2 unspecified atom stereocenters. The molecule has 1 aliphatic carbocycles. The monoisotopic (exact) mass is 304 g/mol. The molecule has 0 bridgehead atoms. The second kappa shape index (κ2) is 5.19. The Balaban J connectivity index is 1.94. The predicted molar refractivity (Wildman–Crippen MR) is 84.4 cm³/mol. The number of hydrogen-bond acceptors (Lipinski definition) is 3. The fraction of sp³-hybridized carbons (Fsp3) is 0.588. The number of anilines is 1. The lowest BCUT2D eigenvalue weighted by molar-refractivity contribution is -0.00293. The van der Waals surface area contributed by atoms with Crippen molar-refractivity contribution in [2.45, 2.75) is 44.8 Å². The van der Waals surface area contributed by atoms with Crippen LogP contribution in [-0.4, -0.2) is 23.3 Å². The molecule has 2 aliphatic rings. The summed E-state index contributed by atoms with van der Waals surface area (Å²) in [6, 6.07) is 7.78. The van der Waals surface area contributed by atoms with Crippen LogP contribution in [0.2, 0.25) is 5.02 Å². The first-order valence-electron chi connectivity index (χ1n) is 7.66. The Morgan fingerprint density at radius 3 is 2.67 bits per heavy atom. The molecule has 0 spiro atoms. The van der Waals surface area contributed by atoms with Crippen molar-refractivity contribution in [2.24, 2.45) is 11.8 Å². The summed E-state index contributed by atoms with van der Waals surface area (Å²) in [4.78, 5) is 2.27. The Bertz CT molecular complexity index is 591. The van der Waals surface area contributed by atoms with Crippen LogP contribution in [0, 0.1) is 23.2 Å². The molecule has 3 rings (SSSR count). The molecule has 4 heteroatoms. The summed E-state index contributed by atoms with van der Waals surface area (Å²) in [5, 5.41) is 20.6. The Labute approximate surface area is 131 Å². The van der Waals surface area contributed by atoms with Gasteiger partial charge in [0.25, 0.3) is 0 Å². The summed E-state index contributed by atoms with van der Waals surface area (Å²) >= 11 is 6.17. The lowest BCUT2D eigenvalue weighted by Crippen LogP contribution is -2.49. The van der Waals surface area contributed by atoms with Crippen molar-refractivity contribution in [3.8, 4) is 6.07 Å². The molecule has 21 heavy (non-hydrogen) atoms. The van der Waals surface area contributed by atoms with Crippen molar-refractivity contribution >= 4 is 17.3 Å². The van der Waals surface area contributed by atoms with Gasteiger partial charge in [0.05, 0.1) is 22.2 Å². The van der Waals surface area contributed by atoms with Crippen molar-refractivity contribution in [1.82, 2.24) is 0 Å². The molecule has 112 valence electrons. The molecule has 2 atom stereocenters. The molecule has 1 N–H and O–H groups in total. The summed E-state index contributed by atoms with van der Waals surface area (Å²) in [5.74, 6) is 0.816. The zero-order valence-electron chi connectivity index (χ0n) is 12.5. The van der Waals surface area contributed by atoms with Crippen LogP contribution >= 0.6 is 11.6 Å². The molecule has 1 saturated heterocycles. The van der Waals surface area contributed by atoms with Gasteiger partial charge >= 0.3 is 0 Å². The van der Waals surface area contributed by atoms with Crippen LogP contribution in [0.3, 0.4) is 0 Å². The van der Waals surface area contributed by atoms with E-state index in [-0.39, 0.29) is 6.04 Å². The average Bonchev–Trinajstić information content (AvgIpc) is 3.23. The van der Waals surface area contributed by atoms with Crippen LogP contribution in [0.1, 0.15) is 38.7 Å². The second-order valence-electron chi connectivity index (χ2n) is 6.67. The van der Waals surface area contributed by atoms with Gasteiger partial charge in [-0.15, -0.1) is 0 Å². The molecule has 0 radical (unpaired) electrons. The van der Waals surface area contributed by atoms with Crippen molar-refractivity contribution in [3.63, 3.8) is 0 Å². The second-order valence-corrected chi connectivity index (χ2v) is 7.08. The van der Waals surface area contributed by atoms with Gasteiger partial charge in [0, 0.05) is 12.2 Å².